The summed E-state index contributed by atoms with van der Waals surface area (Å²) in [5, 5.41) is 41.1. The fourth-order valence-corrected chi connectivity index (χ4v) is 8.90. The largest absolute Gasteiger partial charge is 0.479 e. The summed E-state index contributed by atoms with van der Waals surface area (Å²) >= 11 is 6.58. The summed E-state index contributed by atoms with van der Waals surface area (Å²) in [4.78, 5) is 46.3. The molecular weight excluding hydrogens is 712 g/mol. The Hall–Kier alpha value is -4.06. The number of rotatable bonds is 10. The predicted octanol–water partition coefficient (Wildman–Crippen LogP) is 3.19. The lowest BCUT2D eigenvalue weighted by molar-refractivity contribution is -0.206. The van der Waals surface area contributed by atoms with Crippen molar-refractivity contribution in [1.29, 1.82) is 0 Å². The van der Waals surface area contributed by atoms with Gasteiger partial charge in [0, 0.05) is 38.3 Å². The maximum Gasteiger partial charge on any atom is 0.348 e. The maximum atomic E-state index is 12.8. The van der Waals surface area contributed by atoms with E-state index in [9.17, 15) is 29.7 Å². The third-order valence-electron chi connectivity index (χ3n) is 11.5. The van der Waals surface area contributed by atoms with Crippen molar-refractivity contribution in [3.63, 3.8) is 0 Å². The highest BCUT2D eigenvalue weighted by Gasteiger charge is 2.65. The number of urea groups is 1. The Morgan fingerprint density at radius 3 is 2.47 bits per heavy atom. The average Bonchev–Trinajstić information content (AvgIpc) is 3.93. The van der Waals surface area contributed by atoms with E-state index in [1.165, 1.54) is 23.9 Å². The van der Waals surface area contributed by atoms with Gasteiger partial charge in [-0.15, -0.1) is 0 Å². The van der Waals surface area contributed by atoms with Gasteiger partial charge in [-0.25, -0.2) is 24.0 Å². The van der Waals surface area contributed by atoms with Crippen LogP contribution in [0.1, 0.15) is 51.3 Å². The molecule has 1 aliphatic carbocycles. The second-order valence-electron chi connectivity index (χ2n) is 15.2. The molecule has 16 nitrogen and oxygen atoms in total. The Morgan fingerprint density at radius 2 is 1.83 bits per heavy atom. The van der Waals surface area contributed by atoms with Crippen molar-refractivity contribution < 1.29 is 48.7 Å². The van der Waals surface area contributed by atoms with Gasteiger partial charge in [0.05, 0.1) is 30.5 Å². The molecule has 53 heavy (non-hydrogen) atoms. The summed E-state index contributed by atoms with van der Waals surface area (Å²) in [5.41, 5.74) is -2.14. The standard InChI is InChI=1S/C36H43ClN6O10/c1-34(2)51-19-36(53-34)26(18-50-35(31(45)46,32(47)48)14-20-7-9-23(10-8-20)42-12-4-11-38-33(42)49)52-30(28(36)44)43-29-24(15-39-43)25(13-27(37)40-29)41-16-21-5-3-6-22(21)17-41/h7-10,13,15,21-22,26,28,30,44H,3-6,11-12,14,16-19H2,1-2H3,(H,38,49)(H,45,46)(H,47,48)/t21-,22+,26-,28+,30-,36?/m1/s1. The highest BCUT2D eigenvalue weighted by molar-refractivity contribution is 6.30. The van der Waals surface area contributed by atoms with E-state index < -0.39 is 60.4 Å². The normalized spacial score (nSPS) is 29.7. The first-order chi connectivity index (χ1) is 25.3. The molecule has 0 bridgehead atoms. The summed E-state index contributed by atoms with van der Waals surface area (Å²) < 4.78 is 25.9. The number of carbonyl (C=O) groups excluding carboxylic acids is 1. The third kappa shape index (κ3) is 6.18. The lowest BCUT2D eigenvalue weighted by Gasteiger charge is -2.33. The van der Waals surface area contributed by atoms with Crippen molar-refractivity contribution in [3.05, 3.63) is 47.2 Å². The second kappa shape index (κ2) is 13.4. The van der Waals surface area contributed by atoms with Crippen molar-refractivity contribution in [2.75, 3.05) is 49.2 Å². The summed E-state index contributed by atoms with van der Waals surface area (Å²) in [6.45, 7) is 5.46. The van der Waals surface area contributed by atoms with Crippen LogP contribution < -0.4 is 15.1 Å². The lowest BCUT2D eigenvalue weighted by atomic mass is 9.91. The van der Waals surface area contributed by atoms with Crippen LogP contribution >= 0.6 is 11.6 Å². The van der Waals surface area contributed by atoms with E-state index in [0.29, 0.717) is 41.8 Å². The van der Waals surface area contributed by atoms with Crippen LogP contribution in [0.15, 0.2) is 36.5 Å². The van der Waals surface area contributed by atoms with Crippen molar-refractivity contribution in [1.82, 2.24) is 20.1 Å². The fourth-order valence-electron chi connectivity index (χ4n) is 8.71. The molecule has 5 aliphatic rings. The maximum absolute atomic E-state index is 12.8. The minimum Gasteiger partial charge on any atom is -0.479 e. The highest BCUT2D eigenvalue weighted by atomic mass is 35.5. The predicted molar refractivity (Wildman–Crippen MR) is 189 cm³/mol. The van der Waals surface area contributed by atoms with Crippen LogP contribution in [-0.2, 0) is 35.0 Å². The van der Waals surface area contributed by atoms with Crippen LogP contribution in [0.4, 0.5) is 16.2 Å². The third-order valence-corrected chi connectivity index (χ3v) is 11.7. The first-order valence-corrected chi connectivity index (χ1v) is 18.4. The molecule has 1 spiro atoms. The van der Waals surface area contributed by atoms with Gasteiger partial charge in [-0.1, -0.05) is 30.2 Å². The number of hydrogen-bond donors (Lipinski definition) is 4. The van der Waals surface area contributed by atoms with Gasteiger partial charge < -0.3 is 44.5 Å². The Balaban J connectivity index is 1.07. The summed E-state index contributed by atoms with van der Waals surface area (Å²) in [7, 11) is 0. The minimum atomic E-state index is -2.75. The SMILES string of the molecule is CC1(C)OCC2(O1)[C@@H](COC(Cc1ccc(N3CCCNC3=O)cc1)(C(=O)O)C(=O)O)O[C@@H](n1ncc3c(N4C[C@H]5CCC[C@H]5C4)cc(Cl)nc31)[C@@H]2O. The molecule has 6 atom stereocenters. The Bertz CT molecular complexity index is 1900. The molecule has 5 fully saturated rings. The van der Waals surface area contributed by atoms with E-state index in [1.54, 1.807) is 49.2 Å². The van der Waals surface area contributed by atoms with Crippen LogP contribution in [0.25, 0.3) is 11.0 Å². The summed E-state index contributed by atoms with van der Waals surface area (Å²) in [6, 6.07) is 7.97. The zero-order valence-electron chi connectivity index (χ0n) is 29.4. The fraction of sp³-hybridized carbons (Fsp3) is 0.583. The molecular formula is C36H43ClN6O10. The van der Waals surface area contributed by atoms with Gasteiger partial charge in [-0.05, 0) is 68.7 Å². The highest BCUT2D eigenvalue weighted by Crippen LogP contribution is 2.48. The van der Waals surface area contributed by atoms with Crippen LogP contribution in [0.2, 0.25) is 5.15 Å². The Labute approximate surface area is 309 Å². The number of aromatic nitrogens is 3. The molecule has 17 heteroatoms. The van der Waals surface area contributed by atoms with Crippen LogP contribution in [-0.4, -0.2) is 117 Å². The van der Waals surface area contributed by atoms with E-state index >= 15 is 0 Å². The first-order valence-electron chi connectivity index (χ1n) is 18.0. The number of nitrogens with one attached hydrogen (secondary N) is 1. The first kappa shape index (κ1) is 35.9. The number of carboxylic acids is 2. The number of aliphatic hydroxyl groups is 1. The quantitative estimate of drug-likeness (QED) is 0.174. The number of fused-ring (bicyclic) bond motifs is 2. The number of carbonyl (C=O) groups is 3. The number of ether oxygens (including phenoxy) is 4. The molecule has 2 aromatic heterocycles. The number of benzene rings is 1. The van der Waals surface area contributed by atoms with Crippen molar-refractivity contribution >= 4 is 52.0 Å². The molecule has 284 valence electrons. The Kier molecular flexibility index (Phi) is 9.06. The van der Waals surface area contributed by atoms with Crippen molar-refractivity contribution in [3.8, 4) is 0 Å². The van der Waals surface area contributed by atoms with Crippen LogP contribution in [0.5, 0.6) is 0 Å². The van der Waals surface area contributed by atoms with Crippen LogP contribution in [0, 0.1) is 11.8 Å². The van der Waals surface area contributed by atoms with Gasteiger partial charge in [0.2, 0.25) is 0 Å². The average molecular weight is 755 g/mol. The minimum absolute atomic E-state index is 0.167. The van der Waals surface area contributed by atoms with Gasteiger partial charge in [-0.2, -0.15) is 5.10 Å². The van der Waals surface area contributed by atoms with E-state index in [2.05, 4.69) is 20.3 Å². The molecule has 4 aliphatic heterocycles. The molecule has 8 rings (SSSR count). The molecule has 0 radical (unpaired) electrons. The molecule has 1 aromatic carbocycles. The number of pyridine rings is 1. The van der Waals surface area contributed by atoms with Crippen LogP contribution in [0.3, 0.4) is 0 Å². The molecule has 2 amide bonds. The lowest BCUT2D eigenvalue weighted by Crippen LogP contribution is -2.56. The van der Waals surface area contributed by atoms with Gasteiger partial charge in [-0.3, -0.25) is 4.90 Å². The number of carboxylic acid groups (broad SMARTS) is 2. The monoisotopic (exact) mass is 754 g/mol. The zero-order valence-corrected chi connectivity index (χ0v) is 30.2. The number of aliphatic hydroxyl groups excluding tert-OH is 1. The second-order valence-corrected chi connectivity index (χ2v) is 15.6. The molecule has 1 saturated carbocycles. The molecule has 3 aromatic rings. The smallest absolute Gasteiger partial charge is 0.348 e. The molecule has 6 heterocycles. The summed E-state index contributed by atoms with van der Waals surface area (Å²) in [6.07, 6.45) is 1.66. The van der Waals surface area contributed by atoms with Crippen molar-refractivity contribution in [2.24, 2.45) is 11.8 Å². The summed E-state index contributed by atoms with van der Waals surface area (Å²) in [5.74, 6) is -3.38. The number of hydrogen-bond acceptors (Lipinski definition) is 11. The van der Waals surface area contributed by atoms with Crippen molar-refractivity contribution in [2.45, 2.75) is 81.4 Å². The molecule has 4 N–H and O–H groups in total. The van der Waals surface area contributed by atoms with E-state index in [4.69, 9.17) is 30.5 Å². The van der Waals surface area contributed by atoms with Gasteiger partial charge in [0.1, 0.15) is 17.4 Å². The zero-order chi connectivity index (χ0) is 37.3. The number of nitrogens with zero attached hydrogens (tertiary/aromatic N) is 5. The Morgan fingerprint density at radius 1 is 1.11 bits per heavy atom. The van der Waals surface area contributed by atoms with Gasteiger partial charge in [0.15, 0.2) is 23.3 Å². The number of amides is 2. The van der Waals surface area contributed by atoms with E-state index in [-0.39, 0.29) is 17.8 Å². The van der Waals surface area contributed by atoms with E-state index in [0.717, 1.165) is 30.6 Å². The molecule has 1 unspecified atom stereocenters. The van der Waals surface area contributed by atoms with Gasteiger partial charge >= 0.3 is 18.0 Å². The number of aliphatic carboxylic acids is 2. The number of halogens is 1. The number of anilines is 2. The molecule has 4 saturated heterocycles. The topological polar surface area (TPSA) is 198 Å². The van der Waals surface area contributed by atoms with E-state index in [1.807, 2.05) is 6.07 Å². The van der Waals surface area contributed by atoms with Gasteiger partial charge in [0.25, 0.3) is 5.60 Å².